The standard InChI is InChI=1S/C18H29N3O4S2/c1-2-19-11-6-14-21(16-15-19)27(24,25)18-9-7-17(8-10-18)26(22,23)20-12-4-3-5-13-20/h7-10H,2-6,11-16H2,1H3. The van der Waals surface area contributed by atoms with Gasteiger partial charge in [-0.25, -0.2) is 16.8 Å². The fraction of sp³-hybridized carbons (Fsp3) is 0.667. The largest absolute Gasteiger partial charge is 0.302 e. The maximum absolute atomic E-state index is 12.9. The molecule has 0 aliphatic carbocycles. The smallest absolute Gasteiger partial charge is 0.243 e. The Kier molecular flexibility index (Phi) is 6.58. The van der Waals surface area contributed by atoms with Crippen molar-refractivity contribution in [3.05, 3.63) is 24.3 Å². The Bertz CT molecular complexity index is 832. The molecule has 3 rings (SSSR count). The molecule has 7 nitrogen and oxygen atoms in total. The summed E-state index contributed by atoms with van der Waals surface area (Å²) in [6.07, 6.45) is 3.59. The van der Waals surface area contributed by atoms with Crippen LogP contribution in [0, 0.1) is 0 Å². The van der Waals surface area contributed by atoms with Gasteiger partial charge in [0.1, 0.15) is 0 Å². The highest BCUT2D eigenvalue weighted by Gasteiger charge is 2.29. The molecule has 2 aliphatic rings. The number of likely N-dealkylation sites (N-methyl/N-ethyl adjacent to an activating group) is 1. The van der Waals surface area contributed by atoms with Crippen molar-refractivity contribution in [2.75, 3.05) is 45.8 Å². The number of piperidine rings is 1. The van der Waals surface area contributed by atoms with Crippen molar-refractivity contribution in [3.63, 3.8) is 0 Å². The molecule has 0 atom stereocenters. The molecule has 0 aromatic heterocycles. The summed E-state index contributed by atoms with van der Waals surface area (Å²) in [5.41, 5.74) is 0. The molecule has 2 fully saturated rings. The molecule has 2 aliphatic heterocycles. The molecule has 0 spiro atoms. The quantitative estimate of drug-likeness (QED) is 0.730. The molecule has 0 N–H and O–H groups in total. The fourth-order valence-corrected chi connectivity index (χ4v) is 6.68. The molecule has 152 valence electrons. The summed E-state index contributed by atoms with van der Waals surface area (Å²) >= 11 is 0. The van der Waals surface area contributed by atoms with Crippen LogP contribution in [0.25, 0.3) is 0 Å². The lowest BCUT2D eigenvalue weighted by Gasteiger charge is -2.26. The van der Waals surface area contributed by atoms with Gasteiger partial charge in [-0.15, -0.1) is 0 Å². The minimum absolute atomic E-state index is 0.157. The lowest BCUT2D eigenvalue weighted by molar-refractivity contribution is 0.302. The van der Waals surface area contributed by atoms with Gasteiger partial charge in [0.15, 0.2) is 0 Å². The Morgan fingerprint density at radius 2 is 1.15 bits per heavy atom. The summed E-state index contributed by atoms with van der Waals surface area (Å²) < 4.78 is 54.3. The topological polar surface area (TPSA) is 78.0 Å². The van der Waals surface area contributed by atoms with E-state index in [9.17, 15) is 16.8 Å². The average Bonchev–Trinajstić information content (AvgIpc) is 2.95. The van der Waals surface area contributed by atoms with Crippen LogP contribution in [-0.4, -0.2) is 76.2 Å². The zero-order valence-electron chi connectivity index (χ0n) is 15.9. The minimum Gasteiger partial charge on any atom is -0.302 e. The van der Waals surface area contributed by atoms with Gasteiger partial charge < -0.3 is 4.90 Å². The van der Waals surface area contributed by atoms with E-state index in [0.29, 0.717) is 26.2 Å². The first kappa shape index (κ1) is 20.7. The van der Waals surface area contributed by atoms with Crippen molar-refractivity contribution in [1.29, 1.82) is 0 Å². The van der Waals surface area contributed by atoms with Gasteiger partial charge in [0, 0.05) is 32.7 Å². The maximum Gasteiger partial charge on any atom is 0.243 e. The summed E-state index contributed by atoms with van der Waals surface area (Å²) in [5.74, 6) is 0. The first-order valence-corrected chi connectivity index (χ1v) is 12.6. The van der Waals surface area contributed by atoms with Gasteiger partial charge in [-0.1, -0.05) is 13.3 Å². The zero-order valence-corrected chi connectivity index (χ0v) is 17.5. The molecule has 2 saturated heterocycles. The normalized spacial score (nSPS) is 21.8. The van der Waals surface area contributed by atoms with Gasteiger partial charge in [0.2, 0.25) is 20.0 Å². The lowest BCUT2D eigenvalue weighted by atomic mass is 10.2. The molecule has 1 aromatic carbocycles. The predicted octanol–water partition coefficient (Wildman–Crippen LogP) is 1.58. The first-order chi connectivity index (χ1) is 12.9. The molecular formula is C18H29N3O4S2. The van der Waals surface area contributed by atoms with Gasteiger partial charge >= 0.3 is 0 Å². The Morgan fingerprint density at radius 3 is 1.67 bits per heavy atom. The summed E-state index contributed by atoms with van der Waals surface area (Å²) in [7, 11) is -7.15. The van der Waals surface area contributed by atoms with Crippen LogP contribution in [0.5, 0.6) is 0 Å². The number of rotatable bonds is 5. The summed E-state index contributed by atoms with van der Waals surface area (Å²) in [5, 5.41) is 0. The Balaban J connectivity index is 1.77. The molecule has 0 saturated carbocycles. The van der Waals surface area contributed by atoms with E-state index in [1.807, 2.05) is 0 Å². The third-order valence-electron chi connectivity index (χ3n) is 5.41. The van der Waals surface area contributed by atoms with Crippen LogP contribution in [-0.2, 0) is 20.0 Å². The van der Waals surface area contributed by atoms with Crippen molar-refractivity contribution in [2.24, 2.45) is 0 Å². The van der Waals surface area contributed by atoms with Crippen LogP contribution in [0.4, 0.5) is 0 Å². The van der Waals surface area contributed by atoms with Gasteiger partial charge in [-0.05, 0) is 56.6 Å². The van der Waals surface area contributed by atoms with Crippen LogP contribution in [0.1, 0.15) is 32.6 Å². The molecule has 1 aromatic rings. The molecule has 0 bridgehead atoms. The van der Waals surface area contributed by atoms with Gasteiger partial charge in [-0.2, -0.15) is 8.61 Å². The van der Waals surface area contributed by atoms with E-state index < -0.39 is 20.0 Å². The Labute approximate surface area is 163 Å². The Morgan fingerprint density at radius 1 is 0.667 bits per heavy atom. The highest BCUT2D eigenvalue weighted by molar-refractivity contribution is 7.89. The van der Waals surface area contributed by atoms with Crippen molar-refractivity contribution in [3.8, 4) is 0 Å². The molecule has 2 heterocycles. The van der Waals surface area contributed by atoms with E-state index in [4.69, 9.17) is 0 Å². The second-order valence-corrected chi connectivity index (χ2v) is 11.0. The van der Waals surface area contributed by atoms with E-state index in [1.165, 1.54) is 32.9 Å². The zero-order chi connectivity index (χ0) is 19.5. The number of nitrogens with zero attached hydrogens (tertiary/aromatic N) is 3. The molecule has 0 amide bonds. The van der Waals surface area contributed by atoms with Gasteiger partial charge in [-0.3, -0.25) is 0 Å². The lowest BCUT2D eigenvalue weighted by Crippen LogP contribution is -2.36. The van der Waals surface area contributed by atoms with E-state index in [1.54, 1.807) is 0 Å². The van der Waals surface area contributed by atoms with Crippen LogP contribution in [0.15, 0.2) is 34.1 Å². The fourth-order valence-electron chi connectivity index (χ4n) is 3.69. The van der Waals surface area contributed by atoms with Crippen molar-refractivity contribution < 1.29 is 16.8 Å². The monoisotopic (exact) mass is 415 g/mol. The molecule has 0 radical (unpaired) electrons. The van der Waals surface area contributed by atoms with Crippen LogP contribution < -0.4 is 0 Å². The second kappa shape index (κ2) is 8.57. The third kappa shape index (κ3) is 4.54. The molecule has 0 unspecified atom stereocenters. The Hall–Kier alpha value is -1.00. The van der Waals surface area contributed by atoms with Crippen LogP contribution in [0.2, 0.25) is 0 Å². The summed E-state index contributed by atoms with van der Waals surface area (Å²) in [6, 6.07) is 5.70. The molecule has 9 heteroatoms. The number of hydrogen-bond donors (Lipinski definition) is 0. The number of sulfonamides is 2. The third-order valence-corrected chi connectivity index (χ3v) is 9.23. The summed E-state index contributed by atoms with van der Waals surface area (Å²) in [4.78, 5) is 2.56. The van der Waals surface area contributed by atoms with Crippen molar-refractivity contribution in [1.82, 2.24) is 13.5 Å². The number of benzene rings is 1. The second-order valence-electron chi connectivity index (χ2n) is 7.13. The van der Waals surface area contributed by atoms with Gasteiger partial charge in [0.05, 0.1) is 9.79 Å². The molecule has 27 heavy (non-hydrogen) atoms. The van der Waals surface area contributed by atoms with E-state index in [0.717, 1.165) is 45.3 Å². The summed E-state index contributed by atoms with van der Waals surface area (Å²) in [6.45, 7) is 6.63. The van der Waals surface area contributed by atoms with Crippen molar-refractivity contribution in [2.45, 2.75) is 42.4 Å². The minimum atomic E-state index is -3.61. The molecular weight excluding hydrogens is 386 g/mol. The van der Waals surface area contributed by atoms with E-state index >= 15 is 0 Å². The van der Waals surface area contributed by atoms with Crippen LogP contribution >= 0.6 is 0 Å². The van der Waals surface area contributed by atoms with Gasteiger partial charge in [0.25, 0.3) is 0 Å². The highest BCUT2D eigenvalue weighted by Crippen LogP contribution is 2.23. The highest BCUT2D eigenvalue weighted by atomic mass is 32.2. The van der Waals surface area contributed by atoms with E-state index in [2.05, 4.69) is 11.8 Å². The van der Waals surface area contributed by atoms with Crippen molar-refractivity contribution >= 4 is 20.0 Å². The average molecular weight is 416 g/mol. The predicted molar refractivity (Wildman–Crippen MR) is 105 cm³/mol. The van der Waals surface area contributed by atoms with E-state index in [-0.39, 0.29) is 9.79 Å². The maximum atomic E-state index is 12.9. The first-order valence-electron chi connectivity index (χ1n) is 9.68. The SMILES string of the molecule is CCN1CCCN(S(=O)(=O)c2ccc(S(=O)(=O)N3CCCCC3)cc2)CC1. The number of hydrogen-bond acceptors (Lipinski definition) is 5. The van der Waals surface area contributed by atoms with Crippen LogP contribution in [0.3, 0.4) is 0 Å².